The van der Waals surface area contributed by atoms with Crippen LogP contribution in [0.2, 0.25) is 0 Å². The van der Waals surface area contributed by atoms with Crippen molar-refractivity contribution in [3.05, 3.63) is 0 Å². The van der Waals surface area contributed by atoms with Gasteiger partial charge in [-0.25, -0.2) is 0 Å². The molecule has 5 rings (SSSR count). The third-order valence-electron chi connectivity index (χ3n) is 6.64. The van der Waals surface area contributed by atoms with Gasteiger partial charge in [-0.1, -0.05) is 12.8 Å². The molecule has 0 aromatic heterocycles. The van der Waals surface area contributed by atoms with Crippen molar-refractivity contribution in [2.24, 2.45) is 0 Å². The second kappa shape index (κ2) is 6.43. The van der Waals surface area contributed by atoms with Crippen LogP contribution in [0.25, 0.3) is 0 Å². The van der Waals surface area contributed by atoms with Crippen LogP contribution in [0.3, 0.4) is 0 Å². The second-order valence-electron chi connectivity index (χ2n) is 8.28. The Kier molecular flexibility index (Phi) is 4.34. The standard InChI is InChI=1S/C19H30O6/c1-20-15-14(13-12-21-18(23-13)8-4-2-5-9-18)22-17-16(15)24-19(25-17)10-6-3-7-11-19/h13-17H,2-12H2,1H3/t13-,14-,15-,16-,17+/m0/s1. The van der Waals surface area contributed by atoms with Crippen molar-refractivity contribution in [2.75, 3.05) is 13.7 Å². The minimum Gasteiger partial charge on any atom is -0.376 e. The van der Waals surface area contributed by atoms with Gasteiger partial charge in [-0.05, 0) is 25.7 Å². The van der Waals surface area contributed by atoms with Crippen molar-refractivity contribution in [2.45, 2.75) is 106 Å². The van der Waals surface area contributed by atoms with Crippen LogP contribution >= 0.6 is 0 Å². The Morgan fingerprint density at radius 2 is 1.44 bits per heavy atom. The summed E-state index contributed by atoms with van der Waals surface area (Å²) in [5.74, 6) is -0.846. The van der Waals surface area contributed by atoms with Crippen LogP contribution in [0.15, 0.2) is 0 Å². The van der Waals surface area contributed by atoms with E-state index >= 15 is 0 Å². The Balaban J connectivity index is 1.27. The summed E-state index contributed by atoms with van der Waals surface area (Å²) in [6.45, 7) is 0.565. The van der Waals surface area contributed by atoms with Crippen LogP contribution < -0.4 is 0 Å². The van der Waals surface area contributed by atoms with E-state index in [1.165, 1.54) is 25.7 Å². The van der Waals surface area contributed by atoms with Gasteiger partial charge in [0.25, 0.3) is 0 Å². The smallest absolute Gasteiger partial charge is 0.190 e. The largest absolute Gasteiger partial charge is 0.376 e. The van der Waals surface area contributed by atoms with Gasteiger partial charge < -0.3 is 28.4 Å². The molecule has 0 bridgehead atoms. The Morgan fingerprint density at radius 3 is 2.12 bits per heavy atom. The molecule has 2 spiro atoms. The summed E-state index contributed by atoms with van der Waals surface area (Å²) in [7, 11) is 1.73. The zero-order valence-electron chi connectivity index (χ0n) is 15.1. The van der Waals surface area contributed by atoms with Gasteiger partial charge in [-0.3, -0.25) is 0 Å². The van der Waals surface area contributed by atoms with Gasteiger partial charge in [0.2, 0.25) is 0 Å². The van der Waals surface area contributed by atoms with Crippen LogP contribution in [0.1, 0.15) is 64.2 Å². The highest BCUT2D eigenvalue weighted by atomic mass is 16.8. The zero-order chi connectivity index (χ0) is 16.9. The van der Waals surface area contributed by atoms with E-state index < -0.39 is 11.6 Å². The molecule has 6 heteroatoms. The fourth-order valence-electron chi connectivity index (χ4n) is 5.34. The summed E-state index contributed by atoms with van der Waals surface area (Å²) in [6, 6.07) is 0. The molecule has 5 fully saturated rings. The molecule has 0 aromatic carbocycles. The molecule has 3 saturated heterocycles. The highest BCUT2D eigenvalue weighted by molar-refractivity contribution is 5.01. The number of methoxy groups -OCH3 is 1. The summed E-state index contributed by atoms with van der Waals surface area (Å²) in [5, 5.41) is 0. The van der Waals surface area contributed by atoms with Crippen LogP contribution in [0, 0.1) is 0 Å². The molecular formula is C19H30O6. The highest BCUT2D eigenvalue weighted by Crippen LogP contribution is 2.48. The predicted molar refractivity (Wildman–Crippen MR) is 87.9 cm³/mol. The topological polar surface area (TPSA) is 55.4 Å². The lowest BCUT2D eigenvalue weighted by atomic mass is 9.94. The lowest BCUT2D eigenvalue weighted by molar-refractivity contribution is -0.261. The molecule has 5 aliphatic rings. The predicted octanol–water partition coefficient (Wildman–Crippen LogP) is 2.88. The first-order chi connectivity index (χ1) is 12.2. The van der Waals surface area contributed by atoms with Crippen molar-refractivity contribution in [3.8, 4) is 0 Å². The van der Waals surface area contributed by atoms with E-state index in [0.29, 0.717) is 6.61 Å². The highest BCUT2D eigenvalue weighted by Gasteiger charge is 2.61. The monoisotopic (exact) mass is 354 g/mol. The molecule has 0 unspecified atom stereocenters. The third-order valence-corrected chi connectivity index (χ3v) is 6.64. The molecule has 5 atom stereocenters. The molecule has 142 valence electrons. The maximum atomic E-state index is 6.38. The first-order valence-electron chi connectivity index (χ1n) is 10.1. The molecule has 2 aliphatic carbocycles. The van der Waals surface area contributed by atoms with Gasteiger partial charge >= 0.3 is 0 Å². The number of hydrogen-bond donors (Lipinski definition) is 0. The molecule has 2 saturated carbocycles. The number of fused-ring (bicyclic) bond motifs is 1. The molecule has 0 N–H and O–H groups in total. The number of rotatable bonds is 2. The molecule has 6 nitrogen and oxygen atoms in total. The van der Waals surface area contributed by atoms with Gasteiger partial charge in [0.1, 0.15) is 24.4 Å². The van der Waals surface area contributed by atoms with Gasteiger partial charge in [0.05, 0.1) is 6.61 Å². The summed E-state index contributed by atoms with van der Waals surface area (Å²) < 4.78 is 37.1. The summed E-state index contributed by atoms with van der Waals surface area (Å²) in [6.07, 6.45) is 10.1. The van der Waals surface area contributed by atoms with Gasteiger partial charge in [0, 0.05) is 32.8 Å². The van der Waals surface area contributed by atoms with Crippen molar-refractivity contribution < 1.29 is 28.4 Å². The van der Waals surface area contributed by atoms with Crippen molar-refractivity contribution >= 4 is 0 Å². The molecule has 0 amide bonds. The van der Waals surface area contributed by atoms with E-state index in [1.807, 2.05) is 0 Å². The lowest BCUT2D eigenvalue weighted by Crippen LogP contribution is -2.45. The summed E-state index contributed by atoms with van der Waals surface area (Å²) in [5.41, 5.74) is 0. The Bertz CT molecular complexity index is 484. The summed E-state index contributed by atoms with van der Waals surface area (Å²) in [4.78, 5) is 0. The van der Waals surface area contributed by atoms with Crippen molar-refractivity contribution in [1.82, 2.24) is 0 Å². The van der Waals surface area contributed by atoms with Gasteiger partial charge in [-0.15, -0.1) is 0 Å². The summed E-state index contributed by atoms with van der Waals surface area (Å²) >= 11 is 0. The van der Waals surface area contributed by atoms with Crippen molar-refractivity contribution in [3.63, 3.8) is 0 Å². The quantitative estimate of drug-likeness (QED) is 0.760. The number of ether oxygens (including phenoxy) is 6. The lowest BCUT2D eigenvalue weighted by Gasteiger charge is -2.35. The Morgan fingerprint density at radius 1 is 0.760 bits per heavy atom. The average molecular weight is 354 g/mol. The maximum absolute atomic E-state index is 6.38. The Labute approximate surface area is 149 Å². The van der Waals surface area contributed by atoms with E-state index in [4.69, 9.17) is 28.4 Å². The van der Waals surface area contributed by atoms with Crippen LogP contribution in [0.5, 0.6) is 0 Å². The fraction of sp³-hybridized carbons (Fsp3) is 1.00. The minimum absolute atomic E-state index is 0.108. The maximum Gasteiger partial charge on any atom is 0.190 e. The third kappa shape index (κ3) is 2.86. The van der Waals surface area contributed by atoms with Crippen LogP contribution in [-0.2, 0) is 28.4 Å². The van der Waals surface area contributed by atoms with Crippen molar-refractivity contribution in [1.29, 1.82) is 0 Å². The fourth-order valence-corrected chi connectivity index (χ4v) is 5.34. The van der Waals surface area contributed by atoms with E-state index in [0.717, 1.165) is 38.5 Å². The minimum atomic E-state index is -0.451. The number of hydrogen-bond acceptors (Lipinski definition) is 6. The van der Waals surface area contributed by atoms with E-state index in [2.05, 4.69) is 0 Å². The first-order valence-corrected chi connectivity index (χ1v) is 10.1. The van der Waals surface area contributed by atoms with Crippen LogP contribution in [-0.4, -0.2) is 56.0 Å². The molecule has 3 heterocycles. The second-order valence-corrected chi connectivity index (χ2v) is 8.28. The van der Waals surface area contributed by atoms with Gasteiger partial charge in [-0.2, -0.15) is 0 Å². The molecular weight excluding hydrogens is 324 g/mol. The SMILES string of the molecule is CO[C@@H]1[C@@H]2OC3(CCCCC3)O[C@H]2O[C@H]1[C@@H]1COC2(CCCCC2)O1. The molecule has 0 aromatic rings. The zero-order valence-corrected chi connectivity index (χ0v) is 15.1. The molecule has 0 radical (unpaired) electrons. The Hall–Kier alpha value is -0.240. The van der Waals surface area contributed by atoms with E-state index in [9.17, 15) is 0 Å². The van der Waals surface area contributed by atoms with Crippen LogP contribution in [0.4, 0.5) is 0 Å². The van der Waals surface area contributed by atoms with E-state index in [-0.39, 0.29) is 30.7 Å². The molecule has 25 heavy (non-hydrogen) atoms. The van der Waals surface area contributed by atoms with E-state index in [1.54, 1.807) is 7.11 Å². The molecule has 3 aliphatic heterocycles. The average Bonchev–Trinajstić information content (AvgIpc) is 3.27. The normalized spacial score (nSPS) is 45.2. The first kappa shape index (κ1) is 16.9. The van der Waals surface area contributed by atoms with Gasteiger partial charge in [0.15, 0.2) is 17.9 Å².